The van der Waals surface area contributed by atoms with E-state index in [0.29, 0.717) is 29.6 Å². The smallest absolute Gasteiger partial charge is 0.211 e. The third kappa shape index (κ3) is 2.26. The second-order valence-corrected chi connectivity index (χ2v) is 5.06. The molecule has 0 radical (unpaired) electrons. The van der Waals surface area contributed by atoms with E-state index >= 15 is 0 Å². The number of hydrogen-bond donors (Lipinski definition) is 2. The number of rotatable bonds is 1. The van der Waals surface area contributed by atoms with Crippen LogP contribution in [0.25, 0.3) is 11.0 Å². The number of ketones is 1. The van der Waals surface area contributed by atoms with E-state index in [1.54, 1.807) is 12.1 Å². The number of aromatic hydroxyl groups is 1. The van der Waals surface area contributed by atoms with Crippen molar-refractivity contribution in [1.29, 1.82) is 5.41 Å². The second kappa shape index (κ2) is 4.53. The van der Waals surface area contributed by atoms with E-state index in [-0.39, 0.29) is 17.2 Å². The van der Waals surface area contributed by atoms with Gasteiger partial charge in [0, 0.05) is 18.9 Å². The molecule has 0 bridgehead atoms. The summed E-state index contributed by atoms with van der Waals surface area (Å²) in [5.41, 5.74) is 1.59. The van der Waals surface area contributed by atoms with Crippen LogP contribution in [0.4, 0.5) is 0 Å². The van der Waals surface area contributed by atoms with Gasteiger partial charge >= 0.3 is 0 Å². The highest BCUT2D eigenvalue weighted by Gasteiger charge is 2.21. The fourth-order valence-corrected chi connectivity index (χ4v) is 2.70. The molecule has 19 heavy (non-hydrogen) atoms. The molecule has 0 atom stereocenters. The van der Waals surface area contributed by atoms with Crippen molar-refractivity contribution in [2.24, 2.45) is 0 Å². The summed E-state index contributed by atoms with van der Waals surface area (Å²) in [6.45, 7) is 0. The molecule has 1 aliphatic carbocycles. The SMILES string of the molecule is N=c1ccc2c(O)cc(C3CCC(=O)CC3)cc2o1. The Bertz CT molecular complexity index is 692. The fraction of sp³-hybridized carbons (Fsp3) is 0.333. The Hall–Kier alpha value is -2.10. The Morgan fingerprint density at radius 2 is 1.95 bits per heavy atom. The molecule has 0 saturated heterocycles. The van der Waals surface area contributed by atoms with E-state index < -0.39 is 0 Å². The summed E-state index contributed by atoms with van der Waals surface area (Å²) in [6.07, 6.45) is 2.87. The minimum Gasteiger partial charge on any atom is -0.507 e. The number of benzene rings is 1. The maximum absolute atomic E-state index is 11.3. The molecule has 98 valence electrons. The summed E-state index contributed by atoms with van der Waals surface area (Å²) in [5.74, 6) is 0.783. The molecule has 1 saturated carbocycles. The molecule has 1 fully saturated rings. The van der Waals surface area contributed by atoms with Crippen LogP contribution in [0.3, 0.4) is 0 Å². The summed E-state index contributed by atoms with van der Waals surface area (Å²) in [6, 6.07) is 6.83. The summed E-state index contributed by atoms with van der Waals surface area (Å²) in [7, 11) is 0. The van der Waals surface area contributed by atoms with Crippen molar-refractivity contribution in [3.05, 3.63) is 35.4 Å². The van der Waals surface area contributed by atoms with E-state index in [4.69, 9.17) is 9.83 Å². The van der Waals surface area contributed by atoms with Crippen LogP contribution in [0, 0.1) is 5.41 Å². The minimum absolute atomic E-state index is 0.0721. The van der Waals surface area contributed by atoms with Gasteiger partial charge in [0.15, 0.2) is 0 Å². The highest BCUT2D eigenvalue weighted by atomic mass is 16.3. The predicted molar refractivity (Wildman–Crippen MR) is 69.9 cm³/mol. The maximum Gasteiger partial charge on any atom is 0.211 e. The molecule has 1 heterocycles. The van der Waals surface area contributed by atoms with Gasteiger partial charge in [0.05, 0.1) is 5.39 Å². The molecule has 1 aromatic carbocycles. The van der Waals surface area contributed by atoms with Gasteiger partial charge in [0.2, 0.25) is 5.55 Å². The van der Waals surface area contributed by atoms with E-state index in [2.05, 4.69) is 0 Å². The van der Waals surface area contributed by atoms with Crippen LogP contribution >= 0.6 is 0 Å². The van der Waals surface area contributed by atoms with Crippen molar-refractivity contribution < 1.29 is 14.3 Å². The largest absolute Gasteiger partial charge is 0.507 e. The van der Waals surface area contributed by atoms with E-state index in [1.807, 2.05) is 6.07 Å². The summed E-state index contributed by atoms with van der Waals surface area (Å²) >= 11 is 0. The zero-order valence-corrected chi connectivity index (χ0v) is 10.5. The Morgan fingerprint density at radius 3 is 2.68 bits per heavy atom. The normalized spacial score (nSPS) is 16.9. The third-order valence-corrected chi connectivity index (χ3v) is 3.78. The lowest BCUT2D eigenvalue weighted by molar-refractivity contribution is -0.120. The molecule has 1 aliphatic rings. The number of fused-ring (bicyclic) bond motifs is 1. The number of hydrogen-bond acceptors (Lipinski definition) is 4. The Morgan fingerprint density at radius 1 is 1.21 bits per heavy atom. The first-order valence-corrected chi connectivity index (χ1v) is 6.46. The molecule has 0 amide bonds. The van der Waals surface area contributed by atoms with Crippen molar-refractivity contribution in [3.8, 4) is 5.75 Å². The summed E-state index contributed by atoms with van der Waals surface area (Å²) < 4.78 is 5.33. The average Bonchev–Trinajstić information content (AvgIpc) is 2.38. The molecule has 0 aliphatic heterocycles. The lowest BCUT2D eigenvalue weighted by Gasteiger charge is -2.21. The second-order valence-electron chi connectivity index (χ2n) is 5.06. The maximum atomic E-state index is 11.3. The van der Waals surface area contributed by atoms with Gasteiger partial charge in [-0.05, 0) is 42.5 Å². The number of carbonyl (C=O) groups is 1. The third-order valence-electron chi connectivity index (χ3n) is 3.78. The Balaban J connectivity index is 2.05. The summed E-state index contributed by atoms with van der Waals surface area (Å²) in [5, 5.41) is 18.2. The van der Waals surface area contributed by atoms with Crippen molar-refractivity contribution >= 4 is 16.8 Å². The van der Waals surface area contributed by atoms with Crippen molar-refractivity contribution in [1.82, 2.24) is 0 Å². The number of phenols is 1. The molecule has 2 aromatic rings. The Labute approximate surface area is 110 Å². The quantitative estimate of drug-likeness (QED) is 0.824. The van der Waals surface area contributed by atoms with Crippen molar-refractivity contribution in [2.45, 2.75) is 31.6 Å². The van der Waals surface area contributed by atoms with Gasteiger partial charge in [-0.2, -0.15) is 0 Å². The molecular weight excluding hydrogens is 242 g/mol. The van der Waals surface area contributed by atoms with Gasteiger partial charge in [-0.15, -0.1) is 0 Å². The number of nitrogens with one attached hydrogen (secondary N) is 1. The molecule has 0 unspecified atom stereocenters. The lowest BCUT2D eigenvalue weighted by Crippen LogP contribution is -2.12. The monoisotopic (exact) mass is 257 g/mol. The average molecular weight is 257 g/mol. The van der Waals surface area contributed by atoms with E-state index in [0.717, 1.165) is 18.4 Å². The van der Waals surface area contributed by atoms with Gasteiger partial charge in [-0.25, -0.2) is 0 Å². The molecule has 4 nitrogen and oxygen atoms in total. The fourth-order valence-electron chi connectivity index (χ4n) is 2.70. The number of carbonyl (C=O) groups excluding carboxylic acids is 1. The van der Waals surface area contributed by atoms with Crippen LogP contribution < -0.4 is 5.55 Å². The van der Waals surface area contributed by atoms with Crippen molar-refractivity contribution in [3.63, 3.8) is 0 Å². The summed E-state index contributed by atoms with van der Waals surface area (Å²) in [4.78, 5) is 11.3. The zero-order valence-electron chi connectivity index (χ0n) is 10.5. The molecule has 1 aromatic heterocycles. The van der Waals surface area contributed by atoms with Gasteiger partial charge in [0.1, 0.15) is 17.1 Å². The van der Waals surface area contributed by atoms with Gasteiger partial charge in [-0.3, -0.25) is 10.2 Å². The van der Waals surface area contributed by atoms with Crippen LogP contribution in [0.1, 0.15) is 37.2 Å². The number of phenolic OH excluding ortho intramolecular Hbond substituents is 1. The van der Waals surface area contributed by atoms with Crippen LogP contribution in [0.5, 0.6) is 5.75 Å². The van der Waals surface area contributed by atoms with Crippen LogP contribution in [0.15, 0.2) is 28.7 Å². The van der Waals surface area contributed by atoms with Gasteiger partial charge in [-0.1, -0.05) is 0 Å². The molecule has 2 N–H and O–H groups in total. The minimum atomic E-state index is 0.0721. The first kappa shape index (κ1) is 12.0. The van der Waals surface area contributed by atoms with Crippen LogP contribution in [-0.4, -0.2) is 10.9 Å². The Kier molecular flexibility index (Phi) is 2.85. The highest BCUT2D eigenvalue weighted by molar-refractivity contribution is 5.84. The number of Topliss-reactive ketones (excluding diaryl/α,β-unsaturated/α-hetero) is 1. The zero-order chi connectivity index (χ0) is 13.4. The standard InChI is InChI=1S/C15H15NO3/c16-15-6-5-12-13(18)7-10(8-14(12)19-15)9-1-3-11(17)4-2-9/h5-9,16,18H,1-4H2. The van der Waals surface area contributed by atoms with Crippen molar-refractivity contribution in [2.75, 3.05) is 0 Å². The molecular formula is C15H15NO3. The van der Waals surface area contributed by atoms with Gasteiger partial charge < -0.3 is 9.52 Å². The van der Waals surface area contributed by atoms with Crippen LogP contribution in [-0.2, 0) is 4.79 Å². The predicted octanol–water partition coefficient (Wildman–Crippen LogP) is 2.84. The molecule has 0 spiro atoms. The van der Waals surface area contributed by atoms with Gasteiger partial charge in [0.25, 0.3) is 0 Å². The van der Waals surface area contributed by atoms with Crippen LogP contribution in [0.2, 0.25) is 0 Å². The lowest BCUT2D eigenvalue weighted by atomic mass is 9.83. The first-order valence-electron chi connectivity index (χ1n) is 6.46. The van der Waals surface area contributed by atoms with E-state index in [9.17, 15) is 9.90 Å². The molecule has 4 heteroatoms. The molecule has 3 rings (SSSR count). The topological polar surface area (TPSA) is 74.3 Å². The first-order chi connectivity index (χ1) is 9.13. The van der Waals surface area contributed by atoms with E-state index in [1.165, 1.54) is 6.07 Å². The highest BCUT2D eigenvalue weighted by Crippen LogP contribution is 2.35.